The summed E-state index contributed by atoms with van der Waals surface area (Å²) in [6.45, 7) is 0. The molecule has 0 aromatic heterocycles. The Morgan fingerprint density at radius 2 is 1.08 bits per heavy atom. The molecule has 8 heteroatoms. The molecule has 68 valence electrons. The Kier molecular flexibility index (Phi) is 3.53. The number of carbonyl (C=O) groups excluding carboxylic acids is 2. The number of carbonyl (C=O) groups is 2. The fraction of sp³-hybridized carbons (Fsp3) is 0. The summed E-state index contributed by atoms with van der Waals surface area (Å²) < 4.78 is 0. The van der Waals surface area contributed by atoms with E-state index >= 15 is 0 Å². The third kappa shape index (κ3) is 2.11. The molecule has 0 unspecified atom stereocenters. The molecule has 0 fully saturated rings. The van der Waals surface area contributed by atoms with E-state index in [-0.39, 0.29) is 0 Å². The van der Waals surface area contributed by atoms with Crippen molar-refractivity contribution in [3.8, 4) is 0 Å². The predicted octanol–water partition coefficient (Wildman–Crippen LogP) is -3.05. The molecule has 0 saturated heterocycles. The first-order valence-corrected chi connectivity index (χ1v) is 2.62. The third-order valence-electron chi connectivity index (χ3n) is 0.944. The van der Waals surface area contributed by atoms with Crippen LogP contribution in [0.25, 0.3) is 0 Å². The maximum Gasteiger partial charge on any atom is 0.375 e. The lowest BCUT2D eigenvalue weighted by Gasteiger charge is -2.01. The van der Waals surface area contributed by atoms with Crippen LogP contribution in [0.4, 0.5) is 0 Å². The van der Waals surface area contributed by atoms with E-state index in [1.54, 1.807) is 0 Å². The summed E-state index contributed by atoms with van der Waals surface area (Å²) in [6.07, 6.45) is 0. The number of rotatable bonds is 2. The smallest absolute Gasteiger partial charge is 0.375 e. The molecule has 0 atom stereocenters. The molecule has 0 rings (SSSR count). The Bertz CT molecular complexity index is 211. The minimum absolute atomic E-state index is 0.659. The van der Waals surface area contributed by atoms with Crippen LogP contribution in [0, 0.1) is 0 Å². The summed E-state index contributed by atoms with van der Waals surface area (Å²) in [5.41, 5.74) is 8.66. The average molecular weight is 176 g/mol. The topological polar surface area (TPSA) is 157 Å². The zero-order valence-electron chi connectivity index (χ0n) is 5.94. The van der Waals surface area contributed by atoms with Crippen LogP contribution in [0.5, 0.6) is 0 Å². The van der Waals surface area contributed by atoms with Gasteiger partial charge in [0.25, 0.3) is 0 Å². The van der Waals surface area contributed by atoms with Crippen LogP contribution in [0.3, 0.4) is 0 Å². The second-order valence-electron chi connectivity index (χ2n) is 1.64. The van der Waals surface area contributed by atoms with E-state index in [9.17, 15) is 9.59 Å². The molecule has 12 heavy (non-hydrogen) atoms. The van der Waals surface area contributed by atoms with Crippen LogP contribution >= 0.6 is 0 Å². The SMILES string of the molecule is NOC(=O)/C(N)=C(/N)C(=O)ON. The van der Waals surface area contributed by atoms with Crippen molar-refractivity contribution >= 4 is 11.9 Å². The summed E-state index contributed by atoms with van der Waals surface area (Å²) in [7, 11) is 0. The van der Waals surface area contributed by atoms with Gasteiger partial charge in [0.05, 0.1) is 0 Å². The maximum atomic E-state index is 10.5. The molecule has 8 N–H and O–H groups in total. The van der Waals surface area contributed by atoms with Crippen molar-refractivity contribution in [2.24, 2.45) is 23.3 Å². The van der Waals surface area contributed by atoms with Crippen LogP contribution in [0.2, 0.25) is 0 Å². The molecule has 0 heterocycles. The van der Waals surface area contributed by atoms with Gasteiger partial charge >= 0.3 is 11.9 Å². The van der Waals surface area contributed by atoms with E-state index in [1.165, 1.54) is 0 Å². The Morgan fingerprint density at radius 1 is 0.833 bits per heavy atom. The van der Waals surface area contributed by atoms with Gasteiger partial charge in [0.1, 0.15) is 0 Å². The molecule has 0 radical (unpaired) electrons. The van der Waals surface area contributed by atoms with Crippen molar-refractivity contribution in [3.63, 3.8) is 0 Å². The highest BCUT2D eigenvalue weighted by Gasteiger charge is 2.16. The first-order chi connectivity index (χ1) is 5.54. The van der Waals surface area contributed by atoms with E-state index in [0.717, 1.165) is 0 Å². The molecule has 0 bridgehead atoms. The van der Waals surface area contributed by atoms with Crippen molar-refractivity contribution in [1.82, 2.24) is 0 Å². The molecule has 0 aliphatic rings. The van der Waals surface area contributed by atoms with Crippen molar-refractivity contribution in [2.45, 2.75) is 0 Å². The van der Waals surface area contributed by atoms with Gasteiger partial charge in [0.15, 0.2) is 11.4 Å². The molecule has 0 aromatic rings. The lowest BCUT2D eigenvalue weighted by atomic mass is 10.3. The van der Waals surface area contributed by atoms with Gasteiger partial charge in [0.2, 0.25) is 0 Å². The van der Waals surface area contributed by atoms with Gasteiger partial charge in [0, 0.05) is 0 Å². The minimum Gasteiger partial charge on any atom is -0.391 e. The molecule has 0 aromatic carbocycles. The van der Waals surface area contributed by atoms with Crippen LogP contribution in [0.15, 0.2) is 11.4 Å². The summed E-state index contributed by atoms with van der Waals surface area (Å²) in [5.74, 6) is 6.62. The van der Waals surface area contributed by atoms with E-state index in [1.807, 2.05) is 0 Å². The summed E-state index contributed by atoms with van der Waals surface area (Å²) in [5, 5.41) is 0. The highest BCUT2D eigenvalue weighted by Crippen LogP contribution is 1.94. The molecular weight excluding hydrogens is 168 g/mol. The molecule has 0 saturated carbocycles. The fourth-order valence-corrected chi connectivity index (χ4v) is 0.347. The second-order valence-corrected chi connectivity index (χ2v) is 1.64. The largest absolute Gasteiger partial charge is 0.391 e. The highest BCUT2D eigenvalue weighted by molar-refractivity contribution is 5.98. The van der Waals surface area contributed by atoms with Crippen LogP contribution in [0.1, 0.15) is 0 Å². The van der Waals surface area contributed by atoms with Gasteiger partial charge < -0.3 is 21.1 Å². The van der Waals surface area contributed by atoms with Crippen molar-refractivity contribution < 1.29 is 19.3 Å². The minimum atomic E-state index is -1.14. The van der Waals surface area contributed by atoms with Gasteiger partial charge in [-0.2, -0.15) is 11.8 Å². The van der Waals surface area contributed by atoms with Crippen molar-refractivity contribution in [1.29, 1.82) is 0 Å². The second kappa shape index (κ2) is 4.16. The van der Waals surface area contributed by atoms with Crippen LogP contribution in [-0.2, 0) is 19.3 Å². The Morgan fingerprint density at radius 3 is 1.25 bits per heavy atom. The van der Waals surface area contributed by atoms with Gasteiger partial charge in [-0.25, -0.2) is 9.59 Å². The zero-order valence-corrected chi connectivity index (χ0v) is 5.94. The van der Waals surface area contributed by atoms with E-state index in [4.69, 9.17) is 11.5 Å². The predicted molar refractivity (Wildman–Crippen MR) is 36.0 cm³/mol. The lowest BCUT2D eigenvalue weighted by Crippen LogP contribution is -2.28. The Hall–Kier alpha value is -1.80. The average Bonchev–Trinajstić information content (AvgIpc) is 2.12. The van der Waals surface area contributed by atoms with Gasteiger partial charge in [-0.1, -0.05) is 0 Å². The third-order valence-corrected chi connectivity index (χ3v) is 0.944. The molecule has 0 amide bonds. The molecule has 8 nitrogen and oxygen atoms in total. The summed E-state index contributed by atoms with van der Waals surface area (Å²) in [4.78, 5) is 28.4. The van der Waals surface area contributed by atoms with E-state index in [2.05, 4.69) is 21.5 Å². The quantitative estimate of drug-likeness (QED) is 0.255. The Labute approximate surface area is 67.0 Å². The molecule has 0 aliphatic carbocycles. The fourth-order valence-electron chi connectivity index (χ4n) is 0.347. The Balaban J connectivity index is 4.68. The summed E-state index contributed by atoms with van der Waals surface area (Å²) in [6, 6.07) is 0. The van der Waals surface area contributed by atoms with Crippen LogP contribution < -0.4 is 23.3 Å². The lowest BCUT2D eigenvalue weighted by molar-refractivity contribution is -0.142. The van der Waals surface area contributed by atoms with Gasteiger partial charge in [-0.15, -0.1) is 0 Å². The molecule has 0 spiro atoms. The highest BCUT2D eigenvalue weighted by atomic mass is 16.7. The number of hydrogen-bond acceptors (Lipinski definition) is 8. The normalized spacial score (nSPS) is 11.5. The van der Waals surface area contributed by atoms with Crippen molar-refractivity contribution in [3.05, 3.63) is 11.4 Å². The monoisotopic (exact) mass is 176 g/mol. The first kappa shape index (κ1) is 10.2. The van der Waals surface area contributed by atoms with Crippen LogP contribution in [-0.4, -0.2) is 11.9 Å². The van der Waals surface area contributed by atoms with Gasteiger partial charge in [-0.05, 0) is 0 Å². The van der Waals surface area contributed by atoms with E-state index < -0.39 is 23.3 Å². The van der Waals surface area contributed by atoms with E-state index in [0.29, 0.717) is 0 Å². The zero-order chi connectivity index (χ0) is 9.72. The summed E-state index contributed by atoms with van der Waals surface area (Å²) >= 11 is 0. The van der Waals surface area contributed by atoms with Crippen molar-refractivity contribution in [2.75, 3.05) is 0 Å². The number of hydrogen-bond donors (Lipinski definition) is 4. The number of nitrogens with two attached hydrogens (primary N) is 4. The maximum absolute atomic E-state index is 10.5. The standard InChI is InChI=1S/C4H8N4O4/c5-1(3(9)11-7)2(6)4(10)12-8/h5-8H2/b2-1-. The molecule has 0 aliphatic heterocycles. The molecular formula is C4H8N4O4. The van der Waals surface area contributed by atoms with Gasteiger partial charge in [-0.3, -0.25) is 0 Å². The first-order valence-electron chi connectivity index (χ1n) is 2.62.